The normalized spacial score (nSPS) is 17.9. The molecule has 0 saturated heterocycles. The molecule has 0 saturated carbocycles. The minimum Gasteiger partial charge on any atom is -0.273 e. The van der Waals surface area contributed by atoms with Gasteiger partial charge in [-0.15, -0.1) is 0 Å². The van der Waals surface area contributed by atoms with Gasteiger partial charge in [-0.2, -0.15) is 10.2 Å². The third-order valence-electron chi connectivity index (χ3n) is 2.91. The maximum absolute atomic E-state index is 11.6. The number of carbonyl (C=O) groups excluding carboxylic acids is 2. The fourth-order valence-corrected chi connectivity index (χ4v) is 1.79. The van der Waals surface area contributed by atoms with Crippen molar-refractivity contribution >= 4 is 23.7 Å². The van der Waals surface area contributed by atoms with Crippen LogP contribution in [0.4, 0.5) is 0 Å². The highest BCUT2D eigenvalue weighted by molar-refractivity contribution is 6.07. The minimum absolute atomic E-state index is 0.158. The van der Waals surface area contributed by atoms with Crippen LogP contribution in [0.25, 0.3) is 0 Å². The van der Waals surface area contributed by atoms with Crippen LogP contribution in [0.2, 0.25) is 0 Å². The van der Waals surface area contributed by atoms with E-state index in [-0.39, 0.29) is 24.2 Å². The lowest BCUT2D eigenvalue weighted by molar-refractivity contribution is -0.123. The molecule has 1 aromatic rings. The summed E-state index contributed by atoms with van der Waals surface area (Å²) >= 11 is 0. The summed E-state index contributed by atoms with van der Waals surface area (Å²) in [6.07, 6.45) is 5.45. The molecule has 7 nitrogen and oxygen atoms in total. The van der Waals surface area contributed by atoms with Crippen LogP contribution in [0, 0.1) is 5.92 Å². The molecule has 104 valence electrons. The van der Waals surface area contributed by atoms with E-state index in [1.807, 2.05) is 6.07 Å². The van der Waals surface area contributed by atoms with Crippen LogP contribution < -0.4 is 10.9 Å². The first-order chi connectivity index (χ1) is 9.66. The fraction of sp³-hybridized carbons (Fsp3) is 0.308. The highest BCUT2D eigenvalue weighted by atomic mass is 16.2. The molecule has 7 heteroatoms. The molecule has 2 heterocycles. The third kappa shape index (κ3) is 3.71. The van der Waals surface area contributed by atoms with Crippen molar-refractivity contribution in [1.82, 2.24) is 15.8 Å². The molecule has 2 rings (SSSR count). The summed E-state index contributed by atoms with van der Waals surface area (Å²) in [5.41, 5.74) is 6.31. The van der Waals surface area contributed by atoms with Gasteiger partial charge in [0.15, 0.2) is 0 Å². The second-order valence-corrected chi connectivity index (χ2v) is 4.40. The number of hydrazone groups is 2. The van der Waals surface area contributed by atoms with E-state index in [9.17, 15) is 9.59 Å². The van der Waals surface area contributed by atoms with Crippen LogP contribution in [0.5, 0.6) is 0 Å². The van der Waals surface area contributed by atoms with Crippen LogP contribution in [0.15, 0.2) is 34.7 Å². The Morgan fingerprint density at radius 1 is 1.60 bits per heavy atom. The second-order valence-electron chi connectivity index (χ2n) is 4.40. The fourth-order valence-electron chi connectivity index (χ4n) is 1.79. The molecule has 1 aliphatic rings. The zero-order valence-corrected chi connectivity index (χ0v) is 11.0. The predicted molar refractivity (Wildman–Crippen MR) is 73.9 cm³/mol. The molecular weight excluding hydrogens is 258 g/mol. The molecule has 1 atom stereocenters. The van der Waals surface area contributed by atoms with Crippen LogP contribution in [0.1, 0.15) is 25.3 Å². The summed E-state index contributed by atoms with van der Waals surface area (Å²) in [5.74, 6) is -0.713. The monoisotopic (exact) mass is 273 g/mol. The number of rotatable bonds is 5. The van der Waals surface area contributed by atoms with Crippen molar-refractivity contribution in [2.24, 2.45) is 16.1 Å². The predicted octanol–water partition coefficient (Wildman–Crippen LogP) is 0.434. The van der Waals surface area contributed by atoms with Crippen LogP contribution >= 0.6 is 0 Å². The van der Waals surface area contributed by atoms with E-state index in [2.05, 4.69) is 26.0 Å². The van der Waals surface area contributed by atoms with Crippen LogP contribution in [-0.2, 0) is 9.59 Å². The highest BCUT2D eigenvalue weighted by Gasteiger charge is 2.26. The van der Waals surface area contributed by atoms with E-state index in [1.165, 1.54) is 6.21 Å². The summed E-state index contributed by atoms with van der Waals surface area (Å²) in [4.78, 5) is 26.9. The quantitative estimate of drug-likeness (QED) is 0.601. The Kier molecular flexibility index (Phi) is 4.54. The molecule has 0 unspecified atom stereocenters. The van der Waals surface area contributed by atoms with E-state index in [4.69, 9.17) is 0 Å². The van der Waals surface area contributed by atoms with Gasteiger partial charge in [0.2, 0.25) is 11.8 Å². The van der Waals surface area contributed by atoms with Gasteiger partial charge in [-0.05, 0) is 19.4 Å². The first kappa shape index (κ1) is 13.9. The average molecular weight is 273 g/mol. The Bertz CT molecular complexity index is 553. The van der Waals surface area contributed by atoms with Crippen molar-refractivity contribution in [1.29, 1.82) is 0 Å². The summed E-state index contributed by atoms with van der Waals surface area (Å²) in [6.45, 7) is 1.76. The highest BCUT2D eigenvalue weighted by Crippen LogP contribution is 2.13. The molecule has 0 spiro atoms. The Hall–Kier alpha value is -2.57. The van der Waals surface area contributed by atoms with Gasteiger partial charge in [-0.25, -0.2) is 10.9 Å². The summed E-state index contributed by atoms with van der Waals surface area (Å²) in [7, 11) is 0. The molecule has 0 radical (unpaired) electrons. The lowest BCUT2D eigenvalue weighted by atomic mass is 9.99. The largest absolute Gasteiger partial charge is 0.273 e. The van der Waals surface area contributed by atoms with Crippen molar-refractivity contribution in [3.8, 4) is 0 Å². The lowest BCUT2D eigenvalue weighted by Gasteiger charge is -2.06. The van der Waals surface area contributed by atoms with Gasteiger partial charge in [0, 0.05) is 30.1 Å². The zero-order valence-electron chi connectivity index (χ0n) is 11.0. The zero-order chi connectivity index (χ0) is 14.4. The number of pyridine rings is 1. The van der Waals surface area contributed by atoms with Crippen molar-refractivity contribution in [3.05, 3.63) is 30.1 Å². The van der Waals surface area contributed by atoms with Crippen molar-refractivity contribution in [3.63, 3.8) is 0 Å². The maximum atomic E-state index is 11.6. The van der Waals surface area contributed by atoms with Gasteiger partial charge >= 0.3 is 0 Å². The number of aromatic nitrogens is 1. The van der Waals surface area contributed by atoms with E-state index >= 15 is 0 Å². The number of nitrogens with zero attached hydrogens (tertiary/aromatic N) is 3. The number of carbonyl (C=O) groups is 2. The second kappa shape index (κ2) is 6.55. The smallest absolute Gasteiger partial charge is 0.248 e. The lowest BCUT2D eigenvalue weighted by Crippen LogP contribution is -2.25. The van der Waals surface area contributed by atoms with Gasteiger partial charge in [0.1, 0.15) is 0 Å². The Morgan fingerprint density at radius 3 is 3.10 bits per heavy atom. The molecule has 1 aromatic heterocycles. The molecule has 0 fully saturated rings. The molecule has 1 aliphatic heterocycles. The Balaban J connectivity index is 1.75. The van der Waals surface area contributed by atoms with E-state index in [1.54, 1.807) is 25.4 Å². The minimum atomic E-state index is -0.317. The number of hydrogen-bond acceptors (Lipinski definition) is 5. The molecule has 0 bridgehead atoms. The van der Waals surface area contributed by atoms with Gasteiger partial charge in [-0.1, -0.05) is 6.07 Å². The van der Waals surface area contributed by atoms with E-state index in [0.717, 1.165) is 5.56 Å². The van der Waals surface area contributed by atoms with Gasteiger partial charge in [-0.3, -0.25) is 14.6 Å². The van der Waals surface area contributed by atoms with E-state index < -0.39 is 0 Å². The molecular formula is C13H15N5O2. The van der Waals surface area contributed by atoms with Crippen LogP contribution in [-0.4, -0.2) is 28.7 Å². The molecule has 2 amide bonds. The molecule has 20 heavy (non-hydrogen) atoms. The van der Waals surface area contributed by atoms with E-state index in [0.29, 0.717) is 12.1 Å². The number of hydrogen-bond donors (Lipinski definition) is 2. The van der Waals surface area contributed by atoms with Crippen molar-refractivity contribution in [2.75, 3.05) is 0 Å². The summed E-state index contributed by atoms with van der Waals surface area (Å²) < 4.78 is 0. The molecule has 0 aromatic carbocycles. The first-order valence-corrected chi connectivity index (χ1v) is 6.23. The van der Waals surface area contributed by atoms with Crippen LogP contribution in [0.3, 0.4) is 0 Å². The Morgan fingerprint density at radius 2 is 2.45 bits per heavy atom. The Labute approximate surface area is 116 Å². The number of amides is 2. The van der Waals surface area contributed by atoms with Crippen molar-refractivity contribution < 1.29 is 9.59 Å². The molecule has 2 N–H and O–H groups in total. The maximum Gasteiger partial charge on any atom is 0.248 e. The molecule has 0 aliphatic carbocycles. The standard InChI is InChI=1S/C13H15N5O2/c1-9-11(13(20)18-16-9)4-5-12(19)17-15-8-10-3-2-6-14-7-10/h2-3,6-8,11H,4-5H2,1H3,(H,17,19)(H,18,20)/b15-8-/t11-/m0/s1. The summed E-state index contributed by atoms with van der Waals surface area (Å²) in [6, 6.07) is 3.61. The third-order valence-corrected chi connectivity index (χ3v) is 2.91. The van der Waals surface area contributed by atoms with Crippen molar-refractivity contribution in [2.45, 2.75) is 19.8 Å². The SMILES string of the molecule is CC1=NNC(=O)[C@H]1CCC(=O)N/N=C\c1cccnc1. The number of nitrogens with one attached hydrogen (secondary N) is 2. The topological polar surface area (TPSA) is 95.8 Å². The van der Waals surface area contributed by atoms with Gasteiger partial charge in [0.05, 0.1) is 12.1 Å². The van der Waals surface area contributed by atoms with Gasteiger partial charge in [0.25, 0.3) is 0 Å². The first-order valence-electron chi connectivity index (χ1n) is 6.23. The van der Waals surface area contributed by atoms with Gasteiger partial charge < -0.3 is 0 Å². The summed E-state index contributed by atoms with van der Waals surface area (Å²) in [5, 5.41) is 7.66. The average Bonchev–Trinajstić information content (AvgIpc) is 2.77.